The zero-order chi connectivity index (χ0) is 24.5. The topological polar surface area (TPSA) is 85.7 Å². The van der Waals surface area contributed by atoms with Crippen LogP contribution in [0.4, 0.5) is 13.2 Å². The van der Waals surface area contributed by atoms with Gasteiger partial charge in [0, 0.05) is 42.9 Å². The fraction of sp³-hybridized carbons (Fsp3) is 0.292. The molecule has 1 aromatic carbocycles. The van der Waals surface area contributed by atoms with Crippen molar-refractivity contribution in [1.82, 2.24) is 14.5 Å². The summed E-state index contributed by atoms with van der Waals surface area (Å²) >= 11 is 0. The van der Waals surface area contributed by atoms with Gasteiger partial charge in [-0.1, -0.05) is 18.2 Å². The van der Waals surface area contributed by atoms with Gasteiger partial charge in [0.1, 0.15) is 0 Å². The van der Waals surface area contributed by atoms with Crippen molar-refractivity contribution >= 4 is 11.9 Å². The van der Waals surface area contributed by atoms with Crippen LogP contribution in [-0.2, 0) is 28.2 Å². The molecule has 0 fully saturated rings. The van der Waals surface area contributed by atoms with E-state index in [0.717, 1.165) is 0 Å². The van der Waals surface area contributed by atoms with E-state index in [1.165, 1.54) is 28.9 Å². The number of amides is 1. The maximum Gasteiger partial charge on any atom is 0.266 e. The number of benzene rings is 1. The van der Waals surface area contributed by atoms with Crippen LogP contribution in [0.5, 0.6) is 0 Å². The summed E-state index contributed by atoms with van der Waals surface area (Å²) in [5, 5.41) is 0. The molecular formula is C24H24F3N5O2. The van der Waals surface area contributed by atoms with Gasteiger partial charge in [0.25, 0.3) is 12.3 Å². The number of hydrogen-bond acceptors (Lipinski definition) is 5. The molecule has 3 aromatic rings. The van der Waals surface area contributed by atoms with E-state index in [1.54, 1.807) is 49.4 Å². The van der Waals surface area contributed by atoms with E-state index < -0.39 is 30.4 Å². The number of carbonyl (C=O) groups is 1. The van der Waals surface area contributed by atoms with Crippen molar-refractivity contribution in [2.24, 2.45) is 10.7 Å². The van der Waals surface area contributed by atoms with E-state index in [2.05, 4.69) is 9.98 Å². The van der Waals surface area contributed by atoms with Crippen LogP contribution in [0.3, 0.4) is 0 Å². The van der Waals surface area contributed by atoms with Crippen molar-refractivity contribution in [2.75, 3.05) is 13.7 Å². The quantitative estimate of drug-likeness (QED) is 0.510. The van der Waals surface area contributed by atoms with Gasteiger partial charge in [-0.2, -0.15) is 4.39 Å². The molecule has 34 heavy (non-hydrogen) atoms. The third kappa shape index (κ3) is 4.05. The summed E-state index contributed by atoms with van der Waals surface area (Å²) in [4.78, 5) is 23.0. The Bertz CT molecular complexity index is 1240. The summed E-state index contributed by atoms with van der Waals surface area (Å²) < 4.78 is 47.7. The number of halogens is 3. The normalized spacial score (nSPS) is 18.1. The number of alkyl halides is 2. The number of guanidine groups is 1. The molecular weight excluding hydrogens is 447 g/mol. The molecule has 2 aromatic heterocycles. The Morgan fingerprint density at radius 2 is 1.97 bits per heavy atom. The second-order valence-electron chi connectivity index (χ2n) is 7.87. The summed E-state index contributed by atoms with van der Waals surface area (Å²) in [6.07, 6.45) is 0.214. The molecule has 2 N–H and O–H groups in total. The van der Waals surface area contributed by atoms with Crippen LogP contribution in [0.25, 0.3) is 11.1 Å². The van der Waals surface area contributed by atoms with Crippen molar-refractivity contribution in [3.05, 3.63) is 77.6 Å². The van der Waals surface area contributed by atoms with Crippen LogP contribution in [0.1, 0.15) is 23.7 Å². The lowest BCUT2D eigenvalue weighted by atomic mass is 9.83. The average Bonchev–Trinajstić information content (AvgIpc) is 3.32. The van der Waals surface area contributed by atoms with Crippen molar-refractivity contribution in [1.29, 1.82) is 0 Å². The molecule has 0 aliphatic carbocycles. The highest BCUT2D eigenvalue weighted by Gasteiger charge is 2.50. The number of rotatable bonds is 8. The predicted molar refractivity (Wildman–Crippen MR) is 121 cm³/mol. The van der Waals surface area contributed by atoms with Crippen LogP contribution in [0.15, 0.2) is 59.9 Å². The minimum Gasteiger partial charge on any atom is -0.376 e. The molecule has 0 bridgehead atoms. The Balaban J connectivity index is 1.91. The molecule has 10 heteroatoms. The number of hydrogen-bond donors (Lipinski definition) is 1. The molecule has 3 heterocycles. The molecule has 4 rings (SSSR count). The first-order valence-corrected chi connectivity index (χ1v) is 10.7. The number of carbonyl (C=O) groups excluding carboxylic acids is 1. The number of pyridine rings is 1. The zero-order valence-electron chi connectivity index (χ0n) is 18.7. The number of aromatic nitrogens is 2. The van der Waals surface area contributed by atoms with Crippen LogP contribution in [0, 0.1) is 5.95 Å². The molecule has 0 saturated carbocycles. The van der Waals surface area contributed by atoms with Gasteiger partial charge in [0.2, 0.25) is 5.95 Å². The van der Waals surface area contributed by atoms with Gasteiger partial charge in [-0.3, -0.25) is 9.69 Å². The lowest BCUT2D eigenvalue weighted by molar-refractivity contribution is -0.129. The van der Waals surface area contributed by atoms with Gasteiger partial charge in [0.15, 0.2) is 11.5 Å². The van der Waals surface area contributed by atoms with Crippen LogP contribution < -0.4 is 5.73 Å². The molecule has 1 atom stereocenters. The van der Waals surface area contributed by atoms with E-state index >= 15 is 0 Å². The zero-order valence-corrected chi connectivity index (χ0v) is 18.7. The standard InChI is InChI=1S/C24H24F3N5O2/c1-3-34-14-18-11-17(12-32(18)13-20(25)26)24(22(33)31(2)23(28)30-24)16-7-4-6-15(10-16)19-8-5-9-29-21(19)27/h4-12,20H,3,13-14H2,1-2H3,(H2,28,30)/t24-/m1/s1. The molecule has 178 valence electrons. The van der Waals surface area contributed by atoms with Crippen molar-refractivity contribution < 1.29 is 22.7 Å². The van der Waals surface area contributed by atoms with E-state index in [9.17, 15) is 18.0 Å². The number of ether oxygens (including phenoxy) is 1. The molecule has 0 saturated heterocycles. The fourth-order valence-electron chi connectivity index (χ4n) is 4.10. The number of aliphatic imine (C=N–C) groups is 1. The summed E-state index contributed by atoms with van der Waals surface area (Å²) in [6, 6.07) is 11.5. The first-order valence-electron chi connectivity index (χ1n) is 10.7. The Labute approximate surface area is 194 Å². The van der Waals surface area contributed by atoms with E-state index in [0.29, 0.717) is 29.0 Å². The second-order valence-corrected chi connectivity index (χ2v) is 7.87. The van der Waals surface area contributed by atoms with E-state index in [4.69, 9.17) is 10.5 Å². The van der Waals surface area contributed by atoms with Gasteiger partial charge in [-0.05, 0) is 42.3 Å². The van der Waals surface area contributed by atoms with Crippen molar-refractivity contribution in [3.8, 4) is 11.1 Å². The summed E-state index contributed by atoms with van der Waals surface area (Å²) in [5.74, 6) is -1.13. The Kier molecular flexibility index (Phi) is 6.43. The van der Waals surface area contributed by atoms with Gasteiger partial charge in [-0.25, -0.2) is 18.8 Å². The molecule has 0 unspecified atom stereocenters. The monoisotopic (exact) mass is 471 g/mol. The summed E-state index contributed by atoms with van der Waals surface area (Å²) in [5.41, 5.74) is 6.41. The highest BCUT2D eigenvalue weighted by atomic mass is 19.3. The Morgan fingerprint density at radius 1 is 1.18 bits per heavy atom. The molecule has 1 amide bonds. The fourth-order valence-corrected chi connectivity index (χ4v) is 4.10. The van der Waals surface area contributed by atoms with Crippen molar-refractivity contribution in [3.63, 3.8) is 0 Å². The minimum atomic E-state index is -2.61. The highest BCUT2D eigenvalue weighted by Crippen LogP contribution is 2.41. The largest absolute Gasteiger partial charge is 0.376 e. The minimum absolute atomic E-state index is 0.0177. The average molecular weight is 471 g/mol. The van der Waals surface area contributed by atoms with Gasteiger partial charge < -0.3 is 15.0 Å². The number of likely N-dealkylation sites (N-methyl/N-ethyl adjacent to an activating group) is 1. The van der Waals surface area contributed by atoms with Crippen LogP contribution in [0.2, 0.25) is 0 Å². The maximum absolute atomic E-state index is 14.4. The molecule has 7 nitrogen and oxygen atoms in total. The lowest BCUT2D eigenvalue weighted by Gasteiger charge is -2.25. The third-order valence-electron chi connectivity index (χ3n) is 5.78. The van der Waals surface area contributed by atoms with Gasteiger partial charge in [0.05, 0.1) is 13.2 Å². The Hall–Kier alpha value is -3.66. The summed E-state index contributed by atoms with van der Waals surface area (Å²) in [7, 11) is 1.49. The summed E-state index contributed by atoms with van der Waals surface area (Å²) in [6.45, 7) is 1.71. The Morgan fingerprint density at radius 3 is 2.62 bits per heavy atom. The highest BCUT2D eigenvalue weighted by molar-refractivity contribution is 6.09. The van der Waals surface area contributed by atoms with Crippen molar-refractivity contribution in [2.45, 2.75) is 32.0 Å². The smallest absolute Gasteiger partial charge is 0.266 e. The molecule has 0 radical (unpaired) electrons. The first kappa shape index (κ1) is 23.5. The molecule has 1 aliphatic heterocycles. The van der Waals surface area contributed by atoms with E-state index in [1.807, 2.05) is 0 Å². The maximum atomic E-state index is 14.4. The van der Waals surface area contributed by atoms with Gasteiger partial charge >= 0.3 is 0 Å². The third-order valence-corrected chi connectivity index (χ3v) is 5.78. The number of nitrogens with two attached hydrogens (primary N) is 1. The predicted octanol–water partition coefficient (Wildman–Crippen LogP) is 3.52. The van der Waals surface area contributed by atoms with E-state index in [-0.39, 0.29) is 18.1 Å². The second kappa shape index (κ2) is 9.30. The van der Waals surface area contributed by atoms with Crippen LogP contribution >= 0.6 is 0 Å². The lowest BCUT2D eigenvalue weighted by Crippen LogP contribution is -2.41. The number of nitrogens with zero attached hydrogens (tertiary/aromatic N) is 4. The SMILES string of the molecule is CCOCc1cc([C@@]2(c3cccc(-c4cccnc4F)c3)N=C(N)N(C)C2=O)cn1CC(F)F. The van der Waals surface area contributed by atoms with Crippen LogP contribution in [-0.4, -0.2) is 46.4 Å². The first-order chi connectivity index (χ1) is 16.3. The van der Waals surface area contributed by atoms with Gasteiger partial charge in [-0.15, -0.1) is 0 Å². The molecule has 0 spiro atoms. The molecule has 1 aliphatic rings.